The minimum atomic E-state index is -1.33. The highest BCUT2D eigenvalue weighted by Crippen LogP contribution is 2.25. The lowest BCUT2D eigenvalue weighted by molar-refractivity contribution is -0.127. The van der Waals surface area contributed by atoms with Gasteiger partial charge in [-0.1, -0.05) is 30.3 Å². The number of para-hydroxylation sites is 1. The molecule has 0 spiro atoms. The molecule has 1 heterocycles. The van der Waals surface area contributed by atoms with Crippen molar-refractivity contribution in [3.05, 3.63) is 66.0 Å². The van der Waals surface area contributed by atoms with Crippen molar-refractivity contribution in [1.82, 2.24) is 5.32 Å². The standard InChI is InChI=1S/C20H21FN2O3/c1-20(26,15-7-9-16(21)10-8-15)13-22-19(25)14-11-18(24)23(12-14)17-5-3-2-4-6-17/h2-10,14,26H,11-13H2,1H3,(H,22,25). The Labute approximate surface area is 151 Å². The van der Waals surface area contributed by atoms with E-state index >= 15 is 0 Å². The van der Waals surface area contributed by atoms with E-state index in [9.17, 15) is 19.1 Å². The second kappa shape index (κ2) is 7.25. The number of rotatable bonds is 5. The van der Waals surface area contributed by atoms with Crippen molar-refractivity contribution in [2.24, 2.45) is 5.92 Å². The first-order valence-corrected chi connectivity index (χ1v) is 8.48. The number of nitrogens with zero attached hydrogens (tertiary/aromatic N) is 1. The van der Waals surface area contributed by atoms with Gasteiger partial charge >= 0.3 is 0 Å². The van der Waals surface area contributed by atoms with Crippen LogP contribution in [0.25, 0.3) is 0 Å². The summed E-state index contributed by atoms with van der Waals surface area (Å²) in [6.07, 6.45) is 0.138. The number of hydrogen-bond acceptors (Lipinski definition) is 3. The molecule has 1 saturated heterocycles. The molecule has 0 saturated carbocycles. The summed E-state index contributed by atoms with van der Waals surface area (Å²) < 4.78 is 13.0. The summed E-state index contributed by atoms with van der Waals surface area (Å²) in [5.41, 5.74) is -0.0517. The van der Waals surface area contributed by atoms with Crippen LogP contribution in [0.4, 0.5) is 10.1 Å². The molecule has 5 nitrogen and oxygen atoms in total. The van der Waals surface area contributed by atoms with Crippen LogP contribution < -0.4 is 10.2 Å². The van der Waals surface area contributed by atoms with Crippen molar-refractivity contribution in [3.63, 3.8) is 0 Å². The maximum atomic E-state index is 13.0. The van der Waals surface area contributed by atoms with Crippen molar-refractivity contribution in [1.29, 1.82) is 0 Å². The van der Waals surface area contributed by atoms with Crippen LogP contribution >= 0.6 is 0 Å². The summed E-state index contributed by atoms with van der Waals surface area (Å²) in [4.78, 5) is 26.2. The van der Waals surface area contributed by atoms with Crippen LogP contribution in [0.15, 0.2) is 54.6 Å². The van der Waals surface area contributed by atoms with Crippen LogP contribution in [0.5, 0.6) is 0 Å². The molecule has 2 unspecified atom stereocenters. The average molecular weight is 356 g/mol. The normalized spacial score (nSPS) is 19.3. The lowest BCUT2D eigenvalue weighted by Crippen LogP contribution is -2.41. The van der Waals surface area contributed by atoms with Crippen molar-refractivity contribution in [3.8, 4) is 0 Å². The molecule has 2 aromatic carbocycles. The first-order chi connectivity index (χ1) is 12.4. The number of carbonyl (C=O) groups is 2. The molecule has 3 rings (SSSR count). The van der Waals surface area contributed by atoms with E-state index in [0.717, 1.165) is 5.69 Å². The van der Waals surface area contributed by atoms with Gasteiger partial charge in [0.25, 0.3) is 0 Å². The lowest BCUT2D eigenvalue weighted by atomic mass is 9.95. The van der Waals surface area contributed by atoms with E-state index in [4.69, 9.17) is 0 Å². The number of amides is 2. The Morgan fingerprint density at radius 2 is 1.88 bits per heavy atom. The van der Waals surface area contributed by atoms with Crippen LogP contribution in [-0.4, -0.2) is 30.0 Å². The lowest BCUT2D eigenvalue weighted by Gasteiger charge is -2.25. The van der Waals surface area contributed by atoms with Crippen molar-refractivity contribution in [2.45, 2.75) is 18.9 Å². The zero-order valence-electron chi connectivity index (χ0n) is 14.5. The largest absolute Gasteiger partial charge is 0.384 e. The van der Waals surface area contributed by atoms with Gasteiger partial charge in [-0.3, -0.25) is 9.59 Å². The smallest absolute Gasteiger partial charge is 0.227 e. The van der Waals surface area contributed by atoms with Gasteiger partial charge in [0.1, 0.15) is 11.4 Å². The van der Waals surface area contributed by atoms with Gasteiger partial charge < -0.3 is 15.3 Å². The monoisotopic (exact) mass is 356 g/mol. The third kappa shape index (κ3) is 3.91. The predicted octanol–water partition coefficient (Wildman–Crippen LogP) is 2.20. The molecule has 2 N–H and O–H groups in total. The van der Waals surface area contributed by atoms with Gasteiger partial charge in [0.2, 0.25) is 11.8 Å². The van der Waals surface area contributed by atoms with Gasteiger partial charge in [0.05, 0.1) is 12.5 Å². The summed E-state index contributed by atoms with van der Waals surface area (Å²) in [6, 6.07) is 14.7. The molecule has 1 aliphatic heterocycles. The maximum absolute atomic E-state index is 13.0. The van der Waals surface area contributed by atoms with E-state index in [0.29, 0.717) is 12.1 Å². The Morgan fingerprint density at radius 1 is 1.23 bits per heavy atom. The van der Waals surface area contributed by atoms with Crippen molar-refractivity contribution >= 4 is 17.5 Å². The summed E-state index contributed by atoms with van der Waals surface area (Å²) >= 11 is 0. The highest BCUT2D eigenvalue weighted by Gasteiger charge is 2.36. The Kier molecular flexibility index (Phi) is 5.04. The summed E-state index contributed by atoms with van der Waals surface area (Å²) in [5, 5.41) is 13.2. The molecular weight excluding hydrogens is 335 g/mol. The molecule has 1 fully saturated rings. The molecule has 2 atom stereocenters. The number of hydrogen-bond donors (Lipinski definition) is 2. The summed E-state index contributed by atoms with van der Waals surface area (Å²) in [5.74, 6) is -1.23. The SMILES string of the molecule is CC(O)(CNC(=O)C1CC(=O)N(c2ccccc2)C1)c1ccc(F)cc1. The number of carbonyl (C=O) groups excluding carboxylic acids is 2. The third-order valence-corrected chi connectivity index (χ3v) is 4.64. The minimum Gasteiger partial charge on any atom is -0.384 e. The van der Waals surface area contributed by atoms with E-state index in [1.54, 1.807) is 11.8 Å². The highest BCUT2D eigenvalue weighted by molar-refractivity contribution is 6.00. The third-order valence-electron chi connectivity index (χ3n) is 4.64. The average Bonchev–Trinajstić information content (AvgIpc) is 3.03. The molecular formula is C20H21FN2O3. The van der Waals surface area contributed by atoms with Crippen LogP contribution in [0.2, 0.25) is 0 Å². The van der Waals surface area contributed by atoms with E-state index in [-0.39, 0.29) is 30.6 Å². The van der Waals surface area contributed by atoms with E-state index in [1.807, 2.05) is 30.3 Å². The number of benzene rings is 2. The number of nitrogens with one attached hydrogen (secondary N) is 1. The molecule has 2 aromatic rings. The summed E-state index contributed by atoms with van der Waals surface area (Å²) in [7, 11) is 0. The van der Waals surface area contributed by atoms with Crippen molar-refractivity contribution < 1.29 is 19.1 Å². The molecule has 136 valence electrons. The van der Waals surface area contributed by atoms with Gasteiger partial charge in [0.15, 0.2) is 0 Å². The van der Waals surface area contributed by atoms with Gasteiger partial charge in [-0.2, -0.15) is 0 Å². The second-order valence-corrected chi connectivity index (χ2v) is 6.74. The fourth-order valence-corrected chi connectivity index (χ4v) is 3.06. The van der Waals surface area contributed by atoms with E-state index in [1.165, 1.54) is 24.3 Å². The van der Waals surface area contributed by atoms with Gasteiger partial charge in [0, 0.05) is 18.7 Å². The molecule has 0 aromatic heterocycles. The number of aliphatic hydroxyl groups is 1. The van der Waals surface area contributed by atoms with E-state index in [2.05, 4.69) is 5.32 Å². The molecule has 1 aliphatic rings. The van der Waals surface area contributed by atoms with Crippen LogP contribution in [-0.2, 0) is 15.2 Å². The number of anilines is 1. The zero-order valence-corrected chi connectivity index (χ0v) is 14.5. The van der Waals surface area contributed by atoms with Crippen molar-refractivity contribution in [2.75, 3.05) is 18.0 Å². The predicted molar refractivity (Wildman–Crippen MR) is 95.9 cm³/mol. The van der Waals surface area contributed by atoms with Gasteiger partial charge in [-0.25, -0.2) is 4.39 Å². The zero-order chi connectivity index (χ0) is 18.7. The first-order valence-electron chi connectivity index (χ1n) is 8.48. The maximum Gasteiger partial charge on any atom is 0.227 e. The molecule has 0 aliphatic carbocycles. The van der Waals surface area contributed by atoms with Crippen LogP contribution in [0, 0.1) is 11.7 Å². The van der Waals surface area contributed by atoms with Gasteiger partial charge in [-0.15, -0.1) is 0 Å². The molecule has 0 bridgehead atoms. The van der Waals surface area contributed by atoms with Crippen LogP contribution in [0.1, 0.15) is 18.9 Å². The molecule has 0 radical (unpaired) electrons. The second-order valence-electron chi connectivity index (χ2n) is 6.74. The highest BCUT2D eigenvalue weighted by atomic mass is 19.1. The Hall–Kier alpha value is -2.73. The van der Waals surface area contributed by atoms with Gasteiger partial charge in [-0.05, 0) is 36.8 Å². The Morgan fingerprint density at radius 3 is 2.54 bits per heavy atom. The Balaban J connectivity index is 1.60. The quantitative estimate of drug-likeness (QED) is 0.863. The molecule has 6 heteroatoms. The van der Waals surface area contributed by atoms with E-state index < -0.39 is 11.5 Å². The Bertz CT molecular complexity index is 790. The minimum absolute atomic E-state index is 0.0203. The first kappa shape index (κ1) is 18.1. The fourth-order valence-electron chi connectivity index (χ4n) is 3.06. The molecule has 2 amide bonds. The van der Waals surface area contributed by atoms with Crippen LogP contribution in [0.3, 0.4) is 0 Å². The summed E-state index contributed by atoms with van der Waals surface area (Å²) in [6.45, 7) is 1.84. The number of halogens is 1. The topological polar surface area (TPSA) is 69.6 Å². The fraction of sp³-hybridized carbons (Fsp3) is 0.300. The molecule has 26 heavy (non-hydrogen) atoms.